The third-order valence-electron chi connectivity index (χ3n) is 7.91. The SMILES string of the molecule is CO.CO.Cc1cc2c([O-])c(c1)Cc1cc(C)cc(c1[O-])Cc1cc(C)cc(c1[O-])Cc1cc(C)cc(c1[O-])COC2.O.[NH3+]CCNCC[NH3+].[O-2].[O-2].[U]. The molecule has 296 valence electrons. The van der Waals surface area contributed by atoms with E-state index in [9.17, 15) is 20.4 Å². The van der Waals surface area contributed by atoms with Gasteiger partial charge in [0.05, 0.1) is 26.3 Å². The van der Waals surface area contributed by atoms with Crippen molar-refractivity contribution in [3.05, 3.63) is 115 Å². The van der Waals surface area contributed by atoms with Crippen LogP contribution >= 0.6 is 0 Å². The van der Waals surface area contributed by atoms with Crippen LogP contribution in [0.4, 0.5) is 0 Å². The van der Waals surface area contributed by atoms with Crippen LogP contribution in [-0.2, 0) is 48.2 Å². The number of nitrogens with one attached hydrogen (secondary N) is 1. The van der Waals surface area contributed by atoms with E-state index in [1.54, 1.807) is 12.1 Å². The molecule has 4 aromatic rings. The molecule has 0 saturated heterocycles. The second-order valence-corrected chi connectivity index (χ2v) is 12.1. The van der Waals surface area contributed by atoms with Crippen LogP contribution in [0.25, 0.3) is 0 Å². The van der Waals surface area contributed by atoms with Gasteiger partial charge in [0.1, 0.15) is 0 Å². The van der Waals surface area contributed by atoms with Crippen molar-refractivity contribution < 1.29 is 94.4 Å². The molecule has 8 bridgehead atoms. The van der Waals surface area contributed by atoms with Crippen LogP contribution in [0.5, 0.6) is 23.0 Å². The maximum absolute atomic E-state index is 13.5. The van der Waals surface area contributed by atoms with E-state index in [-0.39, 0.29) is 103 Å². The Bertz CT molecular complexity index is 1550. The van der Waals surface area contributed by atoms with Crippen molar-refractivity contribution in [1.29, 1.82) is 0 Å². The quantitative estimate of drug-likeness (QED) is 0.162. The Balaban J connectivity index is -0.00000148. The van der Waals surface area contributed by atoms with E-state index in [2.05, 4.69) is 16.8 Å². The maximum Gasteiger partial charge on any atom is 0.0866 e. The summed E-state index contributed by atoms with van der Waals surface area (Å²) >= 11 is 0. The monoisotopic (exact) mass is 963 g/mol. The van der Waals surface area contributed by atoms with Gasteiger partial charge >= 0.3 is 0 Å². The number of quaternary nitrogens is 2. The Labute approximate surface area is 337 Å². The molecule has 14 heteroatoms. The van der Waals surface area contributed by atoms with Crippen LogP contribution < -0.4 is 37.2 Å². The van der Waals surface area contributed by atoms with Gasteiger partial charge in [0.15, 0.2) is 0 Å². The van der Waals surface area contributed by atoms with Gasteiger partial charge in [-0.1, -0.05) is 116 Å². The van der Waals surface area contributed by atoms with Gasteiger partial charge < -0.3 is 68.6 Å². The fraction of sp³-hybridized carbons (Fsp3) is 0.385. The molecule has 1 aliphatic heterocycles. The molecular weight excluding hydrogens is 908 g/mol. The second-order valence-electron chi connectivity index (χ2n) is 12.1. The number of fused-ring (bicyclic) bond motifs is 8. The van der Waals surface area contributed by atoms with Crippen molar-refractivity contribution in [2.75, 3.05) is 40.4 Å². The summed E-state index contributed by atoms with van der Waals surface area (Å²) in [6.07, 6.45) is 0.605. The molecule has 13 nitrogen and oxygen atoms in total. The largest absolute Gasteiger partial charge is 2.00 e. The molecule has 11 N–H and O–H groups in total. The molecule has 0 spiro atoms. The zero-order chi connectivity index (χ0) is 36.7. The Morgan fingerprint density at radius 3 is 0.943 bits per heavy atom. The summed E-state index contributed by atoms with van der Waals surface area (Å²) in [6.45, 7) is 11.8. The van der Waals surface area contributed by atoms with Crippen molar-refractivity contribution in [2.24, 2.45) is 0 Å². The molecule has 0 atom stereocenters. The van der Waals surface area contributed by atoms with Crippen LogP contribution in [0.2, 0.25) is 0 Å². The summed E-state index contributed by atoms with van der Waals surface area (Å²) in [5.41, 5.74) is 15.2. The van der Waals surface area contributed by atoms with E-state index in [1.165, 1.54) is 0 Å². The van der Waals surface area contributed by atoms with Crippen molar-refractivity contribution in [3.63, 3.8) is 0 Å². The number of aryl methyl sites for hydroxylation is 4. The topological polar surface area (TPSA) is 298 Å². The first kappa shape index (κ1) is 54.1. The van der Waals surface area contributed by atoms with Gasteiger partial charge in [-0.2, -0.15) is 0 Å². The molecule has 1 heterocycles. The number of hydrogen-bond donors (Lipinski definition) is 5. The van der Waals surface area contributed by atoms with Gasteiger partial charge in [0.25, 0.3) is 0 Å². The number of rotatable bonds is 4. The molecule has 0 saturated carbocycles. The zero-order valence-corrected chi connectivity index (χ0v) is 35.8. The minimum absolute atomic E-state index is 0. The standard InChI is InChI=1S/C33H34O5.C4H13N3.2CH4O.H2O.2O.U/c1-18-5-22-13-23-6-19(2)8-25(31(23)35)15-27-10-21(4)12-29(33(27)37)17-38-16-28-11-20(3)9-26(32(28)36)14-24(7-18)30(22)34;5-1-3-7-4-2-6;2*1-2;;;;/h5-12,34-37H,13-17H2,1-4H3;7H,1-6H2;2*2H,1H3;1H2;;;/q;;;;;2*-2;/p-2. The molecule has 5 rings (SSSR count). The van der Waals surface area contributed by atoms with Crippen LogP contribution in [0.15, 0.2) is 48.5 Å². The predicted molar refractivity (Wildman–Crippen MR) is 189 cm³/mol. The van der Waals surface area contributed by atoms with E-state index in [1.807, 2.05) is 64.1 Å². The van der Waals surface area contributed by atoms with Crippen LogP contribution in [0.1, 0.15) is 66.8 Å². The van der Waals surface area contributed by atoms with E-state index < -0.39 is 0 Å². The first-order valence-electron chi connectivity index (χ1n) is 16.4. The molecule has 0 unspecified atom stereocenters. The van der Waals surface area contributed by atoms with Crippen molar-refractivity contribution in [3.8, 4) is 23.0 Å². The van der Waals surface area contributed by atoms with Gasteiger partial charge in [-0.25, -0.2) is 0 Å². The molecule has 0 amide bonds. The van der Waals surface area contributed by atoms with Gasteiger partial charge in [-0.05, 0) is 58.1 Å². The van der Waals surface area contributed by atoms with Gasteiger partial charge in [0.2, 0.25) is 0 Å². The number of hydrogen-bond acceptors (Lipinski definition) is 8. The number of aliphatic hydroxyl groups is 2. The summed E-state index contributed by atoms with van der Waals surface area (Å²) in [5.74, 6) is -0.612. The van der Waals surface area contributed by atoms with Crippen molar-refractivity contribution >= 4 is 0 Å². The van der Waals surface area contributed by atoms with Crippen molar-refractivity contribution in [1.82, 2.24) is 5.32 Å². The van der Waals surface area contributed by atoms with E-state index >= 15 is 0 Å². The van der Waals surface area contributed by atoms with Gasteiger partial charge in [-0.15, -0.1) is 11.5 Å². The Morgan fingerprint density at radius 1 is 0.509 bits per heavy atom. The molecule has 53 heavy (non-hydrogen) atoms. The average molecular weight is 964 g/mol. The van der Waals surface area contributed by atoms with E-state index in [0.717, 1.165) is 62.7 Å². The first-order chi connectivity index (χ1) is 23.5. The molecule has 0 radical (unpaired) electrons. The van der Waals surface area contributed by atoms with Gasteiger partial charge in [-0.3, -0.25) is 0 Å². The minimum atomic E-state index is -0.156. The normalized spacial score (nSPS) is 11.2. The molecule has 1 aliphatic rings. The molecule has 0 fully saturated rings. The van der Waals surface area contributed by atoms with E-state index in [0.29, 0.717) is 44.5 Å². The third-order valence-corrected chi connectivity index (χ3v) is 7.91. The first-order valence-corrected chi connectivity index (χ1v) is 16.4. The summed E-state index contributed by atoms with van der Waals surface area (Å²) < 4.78 is 5.88. The number of aliphatic hydroxyl groups excluding tert-OH is 2. The smallest absolute Gasteiger partial charge is 0.0866 e. The summed E-state index contributed by atoms with van der Waals surface area (Å²) in [6, 6.07) is 14.5. The van der Waals surface area contributed by atoms with Gasteiger partial charge in [0, 0.05) is 58.4 Å². The minimum Gasteiger partial charge on any atom is -2.00 e. The van der Waals surface area contributed by atoms with E-state index in [4.69, 9.17) is 14.9 Å². The molecule has 4 aromatic carbocycles. The molecular formula is C39H55N3O10U-6. The second kappa shape index (κ2) is 27.4. The average Bonchev–Trinajstić information content (AvgIpc) is 3.07. The van der Waals surface area contributed by atoms with Crippen LogP contribution in [0.3, 0.4) is 0 Å². The Hall–Kier alpha value is -3.23. The fourth-order valence-corrected chi connectivity index (χ4v) is 5.98. The van der Waals surface area contributed by atoms with Crippen LogP contribution in [0, 0.1) is 58.8 Å². The Morgan fingerprint density at radius 2 is 0.717 bits per heavy atom. The molecule has 0 aromatic heterocycles. The zero-order valence-electron chi connectivity index (χ0n) is 31.6. The summed E-state index contributed by atoms with van der Waals surface area (Å²) in [5, 5.41) is 70.9. The number of ether oxygens (including phenoxy) is 1. The Kier molecular flexibility index (Phi) is 27.9. The van der Waals surface area contributed by atoms with Crippen LogP contribution in [-0.4, -0.2) is 56.1 Å². The summed E-state index contributed by atoms with van der Waals surface area (Å²) in [7, 11) is 2.00. The predicted octanol–water partition coefficient (Wildman–Crippen LogP) is -0.768. The summed E-state index contributed by atoms with van der Waals surface area (Å²) in [4.78, 5) is 0. The fourth-order valence-electron chi connectivity index (χ4n) is 5.98. The molecule has 0 aliphatic carbocycles. The van der Waals surface area contributed by atoms with Crippen molar-refractivity contribution in [2.45, 2.75) is 60.2 Å². The number of benzene rings is 4. The maximum atomic E-state index is 13.5. The third kappa shape index (κ3) is 15.6.